The first-order valence-electron chi connectivity index (χ1n) is 8.49. The van der Waals surface area contributed by atoms with Crippen LogP contribution in [0.25, 0.3) is 0 Å². The predicted molar refractivity (Wildman–Crippen MR) is 112 cm³/mol. The van der Waals surface area contributed by atoms with Crippen LogP contribution >= 0.6 is 35.3 Å². The first-order valence-corrected chi connectivity index (χ1v) is 9.31. The molecule has 6 heteroatoms. The van der Waals surface area contributed by atoms with Gasteiger partial charge in [-0.1, -0.05) is 13.8 Å². The second-order valence-electron chi connectivity index (χ2n) is 5.93. The van der Waals surface area contributed by atoms with E-state index in [-0.39, 0.29) is 24.0 Å². The van der Waals surface area contributed by atoms with E-state index in [0.29, 0.717) is 0 Å². The molecule has 0 aliphatic carbocycles. The Bertz CT molecular complexity index is 475. The largest absolute Gasteiger partial charge is 0.356 e. The number of piperidine rings is 1. The summed E-state index contributed by atoms with van der Waals surface area (Å²) in [5.41, 5.74) is 0. The van der Waals surface area contributed by atoms with Crippen molar-refractivity contribution in [3.05, 3.63) is 21.9 Å². The van der Waals surface area contributed by atoms with Crippen molar-refractivity contribution in [1.82, 2.24) is 15.5 Å². The summed E-state index contributed by atoms with van der Waals surface area (Å²) in [5, 5.41) is 6.92. The van der Waals surface area contributed by atoms with Crippen LogP contribution in [0.5, 0.6) is 0 Å². The molecule has 4 nitrogen and oxygen atoms in total. The fourth-order valence-electron chi connectivity index (χ4n) is 2.94. The highest BCUT2D eigenvalue weighted by molar-refractivity contribution is 14.0. The second kappa shape index (κ2) is 11.3. The SMILES string of the molecule is CCc1ccc(CNC(=NC)NCC2CCCN(CC)C2)s1.I. The molecule has 1 saturated heterocycles. The topological polar surface area (TPSA) is 39.7 Å². The van der Waals surface area contributed by atoms with Gasteiger partial charge in [0.2, 0.25) is 0 Å². The van der Waals surface area contributed by atoms with Crippen LogP contribution in [0.1, 0.15) is 36.4 Å². The Kier molecular flexibility index (Phi) is 10.1. The number of thiophene rings is 1. The molecule has 1 aliphatic heterocycles. The molecule has 0 bridgehead atoms. The van der Waals surface area contributed by atoms with E-state index < -0.39 is 0 Å². The molecular weight excluding hydrogens is 419 g/mol. The number of aryl methyl sites for hydroxylation is 1. The van der Waals surface area contributed by atoms with Gasteiger partial charge < -0.3 is 15.5 Å². The summed E-state index contributed by atoms with van der Waals surface area (Å²) in [6.45, 7) is 9.97. The van der Waals surface area contributed by atoms with Crippen LogP contribution in [-0.4, -0.2) is 44.1 Å². The zero-order chi connectivity index (χ0) is 15.8. The highest BCUT2D eigenvalue weighted by atomic mass is 127. The molecule has 1 aromatic rings. The van der Waals surface area contributed by atoms with Gasteiger partial charge in [0, 0.05) is 29.9 Å². The number of guanidine groups is 1. The van der Waals surface area contributed by atoms with Crippen molar-refractivity contribution in [2.24, 2.45) is 10.9 Å². The van der Waals surface area contributed by atoms with Gasteiger partial charge in [-0.15, -0.1) is 35.3 Å². The number of aliphatic imine (C=N–C) groups is 1. The quantitative estimate of drug-likeness (QED) is 0.397. The van der Waals surface area contributed by atoms with Crippen LogP contribution in [0.15, 0.2) is 17.1 Å². The molecule has 2 heterocycles. The first kappa shape index (κ1) is 20.7. The Labute approximate surface area is 162 Å². The lowest BCUT2D eigenvalue weighted by atomic mass is 9.98. The van der Waals surface area contributed by atoms with Crippen LogP contribution < -0.4 is 10.6 Å². The maximum atomic E-state index is 4.34. The van der Waals surface area contributed by atoms with Gasteiger partial charge in [-0.2, -0.15) is 0 Å². The van der Waals surface area contributed by atoms with Gasteiger partial charge >= 0.3 is 0 Å². The molecule has 1 fully saturated rings. The lowest BCUT2D eigenvalue weighted by Crippen LogP contribution is -2.44. The van der Waals surface area contributed by atoms with E-state index in [4.69, 9.17) is 0 Å². The van der Waals surface area contributed by atoms with E-state index in [1.807, 2.05) is 18.4 Å². The van der Waals surface area contributed by atoms with Crippen molar-refractivity contribution in [3.8, 4) is 0 Å². The highest BCUT2D eigenvalue weighted by Gasteiger charge is 2.18. The normalized spacial score (nSPS) is 19.3. The molecule has 2 rings (SSSR count). The predicted octanol–water partition coefficient (Wildman–Crippen LogP) is 3.33. The summed E-state index contributed by atoms with van der Waals surface area (Å²) in [6.07, 6.45) is 3.76. The summed E-state index contributed by atoms with van der Waals surface area (Å²) in [7, 11) is 1.85. The van der Waals surface area contributed by atoms with Crippen LogP contribution in [0.3, 0.4) is 0 Å². The third-order valence-electron chi connectivity index (χ3n) is 4.33. The smallest absolute Gasteiger partial charge is 0.191 e. The lowest BCUT2D eigenvalue weighted by Gasteiger charge is -2.32. The van der Waals surface area contributed by atoms with Crippen molar-refractivity contribution in [2.75, 3.05) is 33.2 Å². The van der Waals surface area contributed by atoms with E-state index in [9.17, 15) is 0 Å². The molecule has 0 spiro atoms. The number of hydrogen-bond donors (Lipinski definition) is 2. The van der Waals surface area contributed by atoms with Gasteiger partial charge in [-0.25, -0.2) is 0 Å². The molecule has 1 atom stereocenters. The minimum Gasteiger partial charge on any atom is -0.356 e. The Morgan fingerprint density at radius 3 is 2.74 bits per heavy atom. The van der Waals surface area contributed by atoms with Gasteiger partial charge in [-0.05, 0) is 50.4 Å². The Morgan fingerprint density at radius 2 is 2.09 bits per heavy atom. The molecule has 1 unspecified atom stereocenters. The minimum absolute atomic E-state index is 0. The van der Waals surface area contributed by atoms with E-state index in [2.05, 4.69) is 46.5 Å². The van der Waals surface area contributed by atoms with E-state index >= 15 is 0 Å². The second-order valence-corrected chi connectivity index (χ2v) is 7.18. The molecule has 23 heavy (non-hydrogen) atoms. The number of halogens is 1. The molecule has 0 saturated carbocycles. The summed E-state index contributed by atoms with van der Waals surface area (Å²) in [6, 6.07) is 4.43. The summed E-state index contributed by atoms with van der Waals surface area (Å²) >= 11 is 1.88. The standard InChI is InChI=1S/C17H30N4S.HI/c1-4-15-8-9-16(22-15)12-20-17(18-3)19-11-14-7-6-10-21(5-2)13-14;/h8-9,14H,4-7,10-13H2,1-3H3,(H2,18,19,20);1H. The fraction of sp³-hybridized carbons (Fsp3) is 0.706. The Hall–Kier alpha value is -0.340. The van der Waals surface area contributed by atoms with Crippen LogP contribution in [0, 0.1) is 5.92 Å². The molecule has 1 aliphatic rings. The van der Waals surface area contributed by atoms with Crippen molar-refractivity contribution >= 4 is 41.3 Å². The maximum absolute atomic E-state index is 4.34. The number of nitrogens with zero attached hydrogens (tertiary/aromatic N) is 2. The fourth-order valence-corrected chi connectivity index (χ4v) is 3.84. The van der Waals surface area contributed by atoms with Crippen molar-refractivity contribution in [1.29, 1.82) is 0 Å². The van der Waals surface area contributed by atoms with Crippen molar-refractivity contribution in [2.45, 2.75) is 39.7 Å². The number of hydrogen-bond acceptors (Lipinski definition) is 3. The number of likely N-dealkylation sites (tertiary alicyclic amines) is 1. The lowest BCUT2D eigenvalue weighted by molar-refractivity contribution is 0.183. The number of nitrogens with one attached hydrogen (secondary N) is 2. The van der Waals surface area contributed by atoms with Gasteiger partial charge in [0.1, 0.15) is 0 Å². The molecule has 1 aromatic heterocycles. The van der Waals surface area contributed by atoms with Crippen molar-refractivity contribution < 1.29 is 0 Å². The van der Waals surface area contributed by atoms with Gasteiger partial charge in [0.15, 0.2) is 5.96 Å². The summed E-state index contributed by atoms with van der Waals surface area (Å²) in [4.78, 5) is 9.70. The van der Waals surface area contributed by atoms with Gasteiger partial charge in [0.25, 0.3) is 0 Å². The summed E-state index contributed by atoms with van der Waals surface area (Å²) < 4.78 is 0. The van der Waals surface area contributed by atoms with E-state index in [1.54, 1.807) is 0 Å². The average molecular weight is 450 g/mol. The molecule has 2 N–H and O–H groups in total. The minimum atomic E-state index is 0. The first-order chi connectivity index (χ1) is 10.7. The van der Waals surface area contributed by atoms with Gasteiger partial charge in [-0.3, -0.25) is 4.99 Å². The average Bonchev–Trinajstić information content (AvgIpc) is 3.03. The Morgan fingerprint density at radius 1 is 1.30 bits per heavy atom. The van der Waals surface area contributed by atoms with Crippen LogP contribution in [0.2, 0.25) is 0 Å². The van der Waals surface area contributed by atoms with E-state index in [0.717, 1.165) is 31.4 Å². The third kappa shape index (κ3) is 6.97. The molecular formula is C17H31IN4S. The maximum Gasteiger partial charge on any atom is 0.191 e. The highest BCUT2D eigenvalue weighted by Crippen LogP contribution is 2.17. The number of rotatable bonds is 6. The zero-order valence-electron chi connectivity index (χ0n) is 14.6. The van der Waals surface area contributed by atoms with E-state index in [1.165, 1.54) is 42.2 Å². The van der Waals surface area contributed by atoms with Crippen LogP contribution in [0.4, 0.5) is 0 Å². The summed E-state index contributed by atoms with van der Waals surface area (Å²) in [5.74, 6) is 1.65. The monoisotopic (exact) mass is 450 g/mol. The van der Waals surface area contributed by atoms with Crippen molar-refractivity contribution in [3.63, 3.8) is 0 Å². The van der Waals surface area contributed by atoms with Gasteiger partial charge in [0.05, 0.1) is 6.54 Å². The Balaban J connectivity index is 0.00000264. The molecule has 0 aromatic carbocycles. The molecule has 0 amide bonds. The molecule has 132 valence electrons. The third-order valence-corrected chi connectivity index (χ3v) is 5.56. The molecule has 0 radical (unpaired) electrons. The van der Waals surface area contributed by atoms with Crippen LogP contribution in [-0.2, 0) is 13.0 Å². The zero-order valence-corrected chi connectivity index (χ0v) is 17.7.